The number of amides is 2. The summed E-state index contributed by atoms with van der Waals surface area (Å²) in [6.07, 6.45) is -1.10. The number of carbonyl (C=O) groups excluding carboxylic acids is 2. The quantitative estimate of drug-likeness (QED) is 0.594. The van der Waals surface area contributed by atoms with Gasteiger partial charge in [0.05, 0.1) is 12.1 Å². The molecular weight excluding hydrogens is 411 g/mol. The first-order valence-corrected chi connectivity index (χ1v) is 9.18. The Bertz CT molecular complexity index is 1020. The van der Waals surface area contributed by atoms with Crippen molar-refractivity contribution < 1.29 is 27.5 Å². The first-order chi connectivity index (χ1) is 14.8. The molecule has 0 radical (unpaired) electrons. The summed E-state index contributed by atoms with van der Waals surface area (Å²) in [5.74, 6) is -0.523. The number of rotatable bonds is 7. The SMILES string of the molecule is O=C(CNC(=O)c1ccc(C(F)(F)F)cc1)Nc1ccc(OCc2cccnc2)cc1. The number of hydrogen-bond donors (Lipinski definition) is 2. The molecule has 0 bridgehead atoms. The Kier molecular flexibility index (Phi) is 6.86. The number of alkyl halides is 3. The number of pyridine rings is 1. The first-order valence-electron chi connectivity index (χ1n) is 9.18. The molecule has 1 heterocycles. The minimum atomic E-state index is -4.48. The summed E-state index contributed by atoms with van der Waals surface area (Å²) in [6.45, 7) is 0.0225. The van der Waals surface area contributed by atoms with E-state index in [1.807, 2.05) is 12.1 Å². The summed E-state index contributed by atoms with van der Waals surface area (Å²) in [5.41, 5.74) is 0.594. The highest BCUT2D eigenvalue weighted by atomic mass is 19.4. The predicted molar refractivity (Wildman–Crippen MR) is 107 cm³/mol. The minimum Gasteiger partial charge on any atom is -0.489 e. The lowest BCUT2D eigenvalue weighted by Crippen LogP contribution is -2.32. The molecule has 160 valence electrons. The Labute approximate surface area is 176 Å². The number of ether oxygens (including phenoxy) is 1. The zero-order valence-corrected chi connectivity index (χ0v) is 16.1. The average molecular weight is 429 g/mol. The largest absolute Gasteiger partial charge is 0.489 e. The molecule has 0 aliphatic heterocycles. The molecule has 31 heavy (non-hydrogen) atoms. The number of hydrogen-bond acceptors (Lipinski definition) is 4. The van der Waals surface area contributed by atoms with E-state index in [4.69, 9.17) is 4.74 Å². The van der Waals surface area contributed by atoms with Crippen LogP contribution in [0.4, 0.5) is 18.9 Å². The molecule has 3 rings (SSSR count). The van der Waals surface area contributed by atoms with Crippen LogP contribution in [0.3, 0.4) is 0 Å². The van der Waals surface area contributed by atoms with E-state index in [1.54, 1.807) is 36.7 Å². The molecule has 0 saturated heterocycles. The summed E-state index contributed by atoms with van der Waals surface area (Å²) in [6, 6.07) is 14.1. The van der Waals surface area contributed by atoms with Crippen molar-refractivity contribution in [3.63, 3.8) is 0 Å². The zero-order valence-electron chi connectivity index (χ0n) is 16.1. The van der Waals surface area contributed by atoms with Gasteiger partial charge in [-0.25, -0.2) is 0 Å². The molecule has 0 saturated carbocycles. The number of nitrogens with zero attached hydrogens (tertiary/aromatic N) is 1. The number of aromatic nitrogens is 1. The second kappa shape index (κ2) is 9.75. The highest BCUT2D eigenvalue weighted by Gasteiger charge is 2.30. The van der Waals surface area contributed by atoms with Crippen molar-refractivity contribution >= 4 is 17.5 Å². The Morgan fingerprint density at radius 2 is 1.68 bits per heavy atom. The summed E-state index contributed by atoms with van der Waals surface area (Å²) in [4.78, 5) is 28.0. The maximum absolute atomic E-state index is 12.6. The fourth-order valence-corrected chi connectivity index (χ4v) is 2.56. The predicted octanol–water partition coefficient (Wildman–Crippen LogP) is 4.05. The van der Waals surface area contributed by atoms with Crippen LogP contribution >= 0.6 is 0 Å². The molecule has 0 atom stereocenters. The smallest absolute Gasteiger partial charge is 0.416 e. The van der Waals surface area contributed by atoms with E-state index in [9.17, 15) is 22.8 Å². The van der Waals surface area contributed by atoms with Gasteiger partial charge in [0.25, 0.3) is 5.91 Å². The van der Waals surface area contributed by atoms with Crippen LogP contribution in [0.1, 0.15) is 21.5 Å². The molecule has 0 aliphatic carbocycles. The molecule has 3 aromatic rings. The van der Waals surface area contributed by atoms with E-state index in [1.165, 1.54) is 0 Å². The number of carbonyl (C=O) groups is 2. The van der Waals surface area contributed by atoms with Crippen LogP contribution in [-0.2, 0) is 17.6 Å². The summed E-state index contributed by atoms with van der Waals surface area (Å²) in [7, 11) is 0. The van der Waals surface area contributed by atoms with E-state index in [0.29, 0.717) is 18.0 Å². The lowest BCUT2D eigenvalue weighted by atomic mass is 10.1. The van der Waals surface area contributed by atoms with E-state index in [2.05, 4.69) is 15.6 Å². The lowest BCUT2D eigenvalue weighted by molar-refractivity contribution is -0.137. The van der Waals surface area contributed by atoms with E-state index < -0.39 is 23.6 Å². The maximum Gasteiger partial charge on any atom is 0.416 e. The van der Waals surface area contributed by atoms with Gasteiger partial charge >= 0.3 is 6.18 Å². The van der Waals surface area contributed by atoms with Crippen LogP contribution in [0.25, 0.3) is 0 Å². The monoisotopic (exact) mass is 429 g/mol. The van der Waals surface area contributed by atoms with Gasteiger partial charge in [-0.2, -0.15) is 13.2 Å². The fourth-order valence-electron chi connectivity index (χ4n) is 2.56. The first kappa shape index (κ1) is 21.8. The normalized spacial score (nSPS) is 10.9. The second-order valence-corrected chi connectivity index (χ2v) is 6.48. The third-order valence-corrected chi connectivity index (χ3v) is 4.15. The van der Waals surface area contributed by atoms with E-state index in [-0.39, 0.29) is 12.1 Å². The highest BCUT2D eigenvalue weighted by molar-refractivity contribution is 5.99. The Morgan fingerprint density at radius 1 is 0.968 bits per heavy atom. The summed E-state index contributed by atoms with van der Waals surface area (Å²) >= 11 is 0. The standard InChI is InChI=1S/C22H18F3N3O3/c23-22(24,25)17-5-3-16(4-6-17)21(30)27-13-20(29)28-18-7-9-19(10-8-18)31-14-15-2-1-11-26-12-15/h1-12H,13-14H2,(H,27,30)(H,28,29). The third-order valence-electron chi connectivity index (χ3n) is 4.15. The molecule has 0 unspecified atom stereocenters. The second-order valence-electron chi connectivity index (χ2n) is 6.48. The van der Waals surface area contributed by atoms with Gasteiger partial charge in [0, 0.05) is 29.2 Å². The Morgan fingerprint density at radius 3 is 2.29 bits per heavy atom. The van der Waals surface area contributed by atoms with Gasteiger partial charge in [0.2, 0.25) is 5.91 Å². The van der Waals surface area contributed by atoms with Crippen molar-refractivity contribution in [3.05, 3.63) is 89.7 Å². The van der Waals surface area contributed by atoms with Gasteiger partial charge in [-0.3, -0.25) is 14.6 Å². The molecule has 2 amide bonds. The van der Waals surface area contributed by atoms with Crippen molar-refractivity contribution in [1.29, 1.82) is 0 Å². The van der Waals surface area contributed by atoms with Crippen molar-refractivity contribution in [1.82, 2.24) is 10.3 Å². The molecule has 1 aromatic heterocycles. The number of benzene rings is 2. The number of nitrogens with one attached hydrogen (secondary N) is 2. The van der Waals surface area contributed by atoms with E-state index in [0.717, 1.165) is 29.8 Å². The number of anilines is 1. The fraction of sp³-hybridized carbons (Fsp3) is 0.136. The van der Waals surface area contributed by atoms with Gasteiger partial charge in [0.15, 0.2) is 0 Å². The summed E-state index contributed by atoms with van der Waals surface area (Å²) < 4.78 is 43.3. The van der Waals surface area contributed by atoms with Crippen LogP contribution in [0.2, 0.25) is 0 Å². The van der Waals surface area contributed by atoms with Crippen LogP contribution in [0.15, 0.2) is 73.1 Å². The molecule has 0 spiro atoms. The summed E-state index contributed by atoms with van der Waals surface area (Å²) in [5, 5.41) is 4.97. The van der Waals surface area contributed by atoms with Crippen LogP contribution < -0.4 is 15.4 Å². The van der Waals surface area contributed by atoms with Crippen LogP contribution in [0.5, 0.6) is 5.75 Å². The van der Waals surface area contributed by atoms with Crippen molar-refractivity contribution in [2.45, 2.75) is 12.8 Å². The molecule has 2 aromatic carbocycles. The van der Waals surface area contributed by atoms with Gasteiger partial charge in [-0.15, -0.1) is 0 Å². The van der Waals surface area contributed by atoms with Gasteiger partial charge in [-0.1, -0.05) is 6.07 Å². The molecular formula is C22H18F3N3O3. The highest BCUT2D eigenvalue weighted by Crippen LogP contribution is 2.29. The zero-order chi connectivity index (χ0) is 22.3. The van der Waals surface area contributed by atoms with Crippen molar-refractivity contribution in [2.24, 2.45) is 0 Å². The average Bonchev–Trinajstić information content (AvgIpc) is 2.77. The topological polar surface area (TPSA) is 80.3 Å². The van der Waals surface area contributed by atoms with Crippen LogP contribution in [-0.4, -0.2) is 23.3 Å². The van der Waals surface area contributed by atoms with Gasteiger partial charge in [0.1, 0.15) is 12.4 Å². The number of halogens is 3. The van der Waals surface area contributed by atoms with Crippen LogP contribution in [0, 0.1) is 0 Å². The Hall–Kier alpha value is -3.88. The van der Waals surface area contributed by atoms with Crippen molar-refractivity contribution in [2.75, 3.05) is 11.9 Å². The maximum atomic E-state index is 12.6. The van der Waals surface area contributed by atoms with Crippen molar-refractivity contribution in [3.8, 4) is 5.75 Å². The molecule has 0 aliphatic rings. The third kappa shape index (κ3) is 6.56. The molecule has 2 N–H and O–H groups in total. The van der Waals surface area contributed by atoms with Gasteiger partial charge in [-0.05, 0) is 54.6 Å². The lowest BCUT2D eigenvalue weighted by Gasteiger charge is -2.10. The Balaban J connectivity index is 1.45. The molecule has 9 heteroatoms. The molecule has 0 fully saturated rings. The van der Waals surface area contributed by atoms with E-state index >= 15 is 0 Å². The minimum absolute atomic E-state index is 0.0240. The van der Waals surface area contributed by atoms with Gasteiger partial charge < -0.3 is 15.4 Å². The molecule has 6 nitrogen and oxygen atoms in total.